The Labute approximate surface area is 172 Å². The molecular formula is C19H22N8OS. The van der Waals surface area contributed by atoms with E-state index in [1.807, 2.05) is 56.3 Å². The van der Waals surface area contributed by atoms with Gasteiger partial charge in [-0.1, -0.05) is 43.8 Å². The lowest BCUT2D eigenvalue weighted by molar-refractivity contribution is 0.593. The minimum atomic E-state index is 0.426. The highest BCUT2D eigenvalue weighted by Gasteiger charge is 2.14. The van der Waals surface area contributed by atoms with E-state index in [0.717, 1.165) is 16.5 Å². The van der Waals surface area contributed by atoms with Gasteiger partial charge in [-0.15, -0.1) is 5.10 Å². The fraction of sp³-hybridized carbons (Fsp3) is 0.158. The number of hydrogen-bond acceptors (Lipinski definition) is 8. The van der Waals surface area contributed by atoms with Crippen molar-refractivity contribution in [1.82, 2.24) is 25.6 Å². The first-order valence-electron chi connectivity index (χ1n) is 9.01. The first-order valence-corrected chi connectivity index (χ1v) is 10.00. The summed E-state index contributed by atoms with van der Waals surface area (Å²) < 4.78 is 5.99. The maximum atomic E-state index is 5.99. The lowest BCUT2D eigenvalue weighted by Gasteiger charge is -2.02. The second kappa shape index (κ2) is 9.71. The van der Waals surface area contributed by atoms with Crippen molar-refractivity contribution in [3.05, 3.63) is 48.7 Å². The fourth-order valence-electron chi connectivity index (χ4n) is 2.58. The van der Waals surface area contributed by atoms with Gasteiger partial charge in [-0.05, 0) is 24.3 Å². The Hall–Kier alpha value is -3.37. The Morgan fingerprint density at radius 3 is 2.76 bits per heavy atom. The second-order valence-corrected chi connectivity index (χ2v) is 6.46. The predicted molar refractivity (Wildman–Crippen MR) is 116 cm³/mol. The molecule has 0 saturated carbocycles. The van der Waals surface area contributed by atoms with Crippen molar-refractivity contribution in [3.8, 4) is 22.9 Å². The summed E-state index contributed by atoms with van der Waals surface area (Å²) >= 11 is 1.34. The average molecular weight is 411 g/mol. The van der Waals surface area contributed by atoms with Crippen molar-refractivity contribution < 1.29 is 4.42 Å². The molecule has 0 spiro atoms. The number of H-pyrrole nitrogens is 1. The maximum absolute atomic E-state index is 5.99. The third kappa shape index (κ3) is 4.55. The number of aromatic nitrogens is 4. The molecular weight excluding hydrogens is 388 g/mol. The third-order valence-electron chi connectivity index (χ3n) is 3.86. The molecule has 0 radical (unpaired) electrons. The van der Waals surface area contributed by atoms with Crippen LogP contribution in [0.3, 0.4) is 0 Å². The minimum absolute atomic E-state index is 0.426. The molecule has 9 nitrogen and oxygen atoms in total. The van der Waals surface area contributed by atoms with E-state index in [-0.39, 0.29) is 0 Å². The number of nitrogens with zero attached hydrogens (tertiary/aromatic N) is 4. The molecule has 0 aliphatic carbocycles. The molecule has 29 heavy (non-hydrogen) atoms. The van der Waals surface area contributed by atoms with Gasteiger partial charge in [0, 0.05) is 17.1 Å². The largest absolute Gasteiger partial charge is 0.453 e. The smallest absolute Gasteiger partial charge is 0.209 e. The van der Waals surface area contributed by atoms with Crippen LogP contribution in [0.5, 0.6) is 0 Å². The lowest BCUT2D eigenvalue weighted by Crippen LogP contribution is -2.33. The highest BCUT2D eigenvalue weighted by atomic mass is 32.2. The summed E-state index contributed by atoms with van der Waals surface area (Å²) in [4.78, 5) is 8.88. The number of hydrogen-bond donors (Lipinski definition) is 4. The minimum Gasteiger partial charge on any atom is -0.453 e. The van der Waals surface area contributed by atoms with E-state index in [1.165, 1.54) is 11.8 Å². The molecule has 150 valence electrons. The Kier molecular flexibility index (Phi) is 6.82. The van der Waals surface area contributed by atoms with Crippen LogP contribution in [-0.4, -0.2) is 31.8 Å². The Morgan fingerprint density at radius 1 is 1.17 bits per heavy atom. The van der Waals surface area contributed by atoms with Gasteiger partial charge in [0.05, 0.1) is 11.3 Å². The molecule has 6 N–H and O–H groups in total. The van der Waals surface area contributed by atoms with Gasteiger partial charge in [0.1, 0.15) is 11.6 Å². The Balaban J connectivity index is 0.00000117. The topological polar surface area (TPSA) is 144 Å². The summed E-state index contributed by atoms with van der Waals surface area (Å²) in [6.45, 7) is 4.00. The highest BCUT2D eigenvalue weighted by Crippen LogP contribution is 2.31. The van der Waals surface area contributed by atoms with Crippen LogP contribution in [0.2, 0.25) is 0 Å². The summed E-state index contributed by atoms with van der Waals surface area (Å²) in [5.74, 6) is 13.2. The van der Waals surface area contributed by atoms with Gasteiger partial charge >= 0.3 is 0 Å². The number of fused-ring (bicyclic) bond motifs is 1. The zero-order valence-corrected chi connectivity index (χ0v) is 16.9. The fourth-order valence-corrected chi connectivity index (χ4v) is 3.27. The summed E-state index contributed by atoms with van der Waals surface area (Å²) in [5, 5.41) is 12.1. The summed E-state index contributed by atoms with van der Waals surface area (Å²) in [5.41, 5.74) is 4.22. The number of nitrogens with two attached hydrogens (primary N) is 2. The number of thioether (sulfide) groups is 1. The Morgan fingerprint density at radius 2 is 1.97 bits per heavy atom. The van der Waals surface area contributed by atoms with Crippen LogP contribution < -0.4 is 17.1 Å². The molecule has 4 aromatic rings. The molecule has 0 saturated heterocycles. The van der Waals surface area contributed by atoms with Gasteiger partial charge in [0.15, 0.2) is 11.6 Å². The zero-order chi connectivity index (χ0) is 20.6. The second-order valence-electron chi connectivity index (χ2n) is 5.52. The molecule has 0 unspecified atom stereocenters. The molecule has 0 atom stereocenters. The van der Waals surface area contributed by atoms with Gasteiger partial charge in [-0.25, -0.2) is 5.84 Å². The number of hydrazine groups is 1. The molecule has 3 heterocycles. The SMILES string of the molecule is CC.N/N=C(/CSc1n[nH]c(-c2ccc(-c3cccc4cccnc34)o2)n1)NN. The van der Waals surface area contributed by atoms with Crippen LogP contribution in [-0.2, 0) is 0 Å². The van der Waals surface area contributed by atoms with Gasteiger partial charge in [-0.2, -0.15) is 10.1 Å². The number of pyridine rings is 1. The Bertz CT molecular complexity index is 1100. The van der Waals surface area contributed by atoms with Crippen LogP contribution in [0.1, 0.15) is 13.8 Å². The molecule has 1 aromatic carbocycles. The van der Waals surface area contributed by atoms with E-state index in [4.69, 9.17) is 16.1 Å². The molecule has 0 aliphatic rings. The van der Waals surface area contributed by atoms with Gasteiger partial charge < -0.3 is 15.7 Å². The van der Waals surface area contributed by atoms with Crippen molar-refractivity contribution in [3.63, 3.8) is 0 Å². The first kappa shape index (κ1) is 20.4. The van der Waals surface area contributed by atoms with Crippen LogP contribution in [0, 0.1) is 0 Å². The van der Waals surface area contributed by atoms with Crippen LogP contribution in [0.15, 0.2) is 63.3 Å². The predicted octanol–water partition coefficient (Wildman–Crippen LogP) is 3.13. The lowest BCUT2D eigenvalue weighted by atomic mass is 10.1. The molecule has 0 aliphatic heterocycles. The number of aromatic amines is 1. The number of furan rings is 1. The normalized spacial score (nSPS) is 11.2. The molecule has 0 amide bonds. The van der Waals surface area contributed by atoms with E-state index in [9.17, 15) is 0 Å². The van der Waals surface area contributed by atoms with Crippen LogP contribution >= 0.6 is 11.8 Å². The standard InChI is InChI=1S/C17H16N8OS.C2H6/c18-22-14(23-19)9-27-17-21-16(24-25-17)13-7-6-12(26-13)11-5-1-3-10-4-2-8-20-15(10)11;1-2/h1-8H,9,18-19H2,(H,22,23)(H,21,24,25);1-2H3. The number of para-hydroxylation sites is 1. The molecule has 3 aromatic heterocycles. The van der Waals surface area contributed by atoms with Crippen LogP contribution in [0.25, 0.3) is 33.8 Å². The molecule has 0 fully saturated rings. The molecule has 10 heteroatoms. The molecule has 0 bridgehead atoms. The van der Waals surface area contributed by atoms with E-state index in [2.05, 4.69) is 30.7 Å². The number of amidine groups is 1. The first-order chi connectivity index (χ1) is 14.3. The quantitative estimate of drug-likeness (QED) is 0.129. The van der Waals surface area contributed by atoms with Crippen molar-refractivity contribution in [2.75, 3.05) is 5.75 Å². The highest BCUT2D eigenvalue weighted by molar-refractivity contribution is 7.99. The maximum Gasteiger partial charge on any atom is 0.209 e. The summed E-state index contributed by atoms with van der Waals surface area (Å²) in [6, 6.07) is 13.6. The van der Waals surface area contributed by atoms with E-state index >= 15 is 0 Å². The van der Waals surface area contributed by atoms with Crippen molar-refractivity contribution >= 4 is 28.5 Å². The number of benzene rings is 1. The number of nitrogens with one attached hydrogen (secondary N) is 2. The zero-order valence-electron chi connectivity index (χ0n) is 16.1. The van der Waals surface area contributed by atoms with E-state index in [1.54, 1.807) is 6.20 Å². The van der Waals surface area contributed by atoms with Crippen molar-refractivity contribution in [2.24, 2.45) is 16.8 Å². The van der Waals surface area contributed by atoms with E-state index in [0.29, 0.717) is 34.1 Å². The van der Waals surface area contributed by atoms with Gasteiger partial charge in [0.25, 0.3) is 0 Å². The van der Waals surface area contributed by atoms with Gasteiger partial charge in [0.2, 0.25) is 5.16 Å². The summed E-state index contributed by atoms with van der Waals surface area (Å²) in [7, 11) is 0. The molecule has 4 rings (SSSR count). The summed E-state index contributed by atoms with van der Waals surface area (Å²) in [6.07, 6.45) is 1.77. The van der Waals surface area contributed by atoms with Gasteiger partial charge in [-0.3, -0.25) is 10.1 Å². The third-order valence-corrected chi connectivity index (χ3v) is 4.72. The van der Waals surface area contributed by atoms with Crippen molar-refractivity contribution in [2.45, 2.75) is 19.0 Å². The monoisotopic (exact) mass is 410 g/mol. The number of hydrazone groups is 1. The van der Waals surface area contributed by atoms with Crippen molar-refractivity contribution in [1.29, 1.82) is 0 Å². The van der Waals surface area contributed by atoms with Crippen LogP contribution in [0.4, 0.5) is 0 Å². The average Bonchev–Trinajstić information content (AvgIpc) is 3.45. The number of rotatable bonds is 5. The van der Waals surface area contributed by atoms with E-state index < -0.39 is 0 Å².